The summed E-state index contributed by atoms with van der Waals surface area (Å²) in [6, 6.07) is 0. The standard InChI is InChI=1S/C9H14O4/c1-9(2)12-7-3-4-11-5-6(10)8(7)13-9/h3-4,6-8,10H,5H2,1-2H3. The van der Waals surface area contributed by atoms with Crippen molar-refractivity contribution in [1.82, 2.24) is 0 Å². The zero-order chi connectivity index (χ0) is 9.47. The normalized spacial score (nSPS) is 42.2. The van der Waals surface area contributed by atoms with Crippen molar-refractivity contribution in [3.63, 3.8) is 0 Å². The quantitative estimate of drug-likeness (QED) is 0.595. The molecule has 0 aliphatic carbocycles. The first-order valence-electron chi connectivity index (χ1n) is 4.40. The average Bonchev–Trinajstić information content (AvgIpc) is 2.26. The molecule has 0 bridgehead atoms. The Bertz CT molecular complexity index is 224. The molecule has 13 heavy (non-hydrogen) atoms. The Labute approximate surface area is 77.1 Å². The molecule has 2 aliphatic heterocycles. The Kier molecular flexibility index (Phi) is 2.06. The van der Waals surface area contributed by atoms with Gasteiger partial charge in [-0.2, -0.15) is 0 Å². The lowest BCUT2D eigenvalue weighted by Gasteiger charge is -2.19. The molecule has 0 aromatic carbocycles. The van der Waals surface area contributed by atoms with Gasteiger partial charge in [0.15, 0.2) is 5.79 Å². The molecule has 0 saturated carbocycles. The van der Waals surface area contributed by atoms with Crippen molar-refractivity contribution in [3.05, 3.63) is 12.3 Å². The van der Waals surface area contributed by atoms with Crippen molar-refractivity contribution in [1.29, 1.82) is 0 Å². The van der Waals surface area contributed by atoms with Crippen molar-refractivity contribution >= 4 is 0 Å². The summed E-state index contributed by atoms with van der Waals surface area (Å²) < 4.78 is 16.1. The van der Waals surface area contributed by atoms with Gasteiger partial charge >= 0.3 is 0 Å². The molecule has 4 nitrogen and oxygen atoms in total. The van der Waals surface area contributed by atoms with Gasteiger partial charge in [-0.15, -0.1) is 0 Å². The van der Waals surface area contributed by atoms with Crippen LogP contribution in [0.25, 0.3) is 0 Å². The molecule has 1 N–H and O–H groups in total. The van der Waals surface area contributed by atoms with Gasteiger partial charge in [0.2, 0.25) is 0 Å². The van der Waals surface area contributed by atoms with Crippen LogP contribution in [0.1, 0.15) is 13.8 Å². The van der Waals surface area contributed by atoms with Crippen LogP contribution in [0.5, 0.6) is 0 Å². The zero-order valence-corrected chi connectivity index (χ0v) is 7.77. The predicted molar refractivity (Wildman–Crippen MR) is 44.9 cm³/mol. The third-order valence-corrected chi connectivity index (χ3v) is 2.17. The van der Waals surface area contributed by atoms with Crippen LogP contribution in [0.3, 0.4) is 0 Å². The Morgan fingerprint density at radius 2 is 2.15 bits per heavy atom. The first-order chi connectivity index (χ1) is 6.08. The monoisotopic (exact) mass is 186 g/mol. The van der Waals surface area contributed by atoms with E-state index in [2.05, 4.69) is 0 Å². The molecule has 0 spiro atoms. The zero-order valence-electron chi connectivity index (χ0n) is 7.77. The number of aliphatic hydroxyl groups is 1. The first kappa shape index (κ1) is 8.99. The SMILES string of the molecule is CC1(C)OC2C=COCC(O)C2O1. The van der Waals surface area contributed by atoms with E-state index in [-0.39, 0.29) is 18.8 Å². The number of hydrogen-bond acceptors (Lipinski definition) is 4. The minimum absolute atomic E-state index is 0.201. The summed E-state index contributed by atoms with van der Waals surface area (Å²) in [6.45, 7) is 3.93. The lowest BCUT2D eigenvalue weighted by atomic mass is 10.1. The summed E-state index contributed by atoms with van der Waals surface area (Å²) >= 11 is 0. The second kappa shape index (κ2) is 2.97. The summed E-state index contributed by atoms with van der Waals surface area (Å²) in [5.41, 5.74) is 0. The van der Waals surface area contributed by atoms with Gasteiger partial charge in [-0.3, -0.25) is 0 Å². The third kappa shape index (κ3) is 1.70. The lowest BCUT2D eigenvalue weighted by molar-refractivity contribution is -0.157. The fourth-order valence-corrected chi connectivity index (χ4v) is 1.65. The summed E-state index contributed by atoms with van der Waals surface area (Å²) in [4.78, 5) is 0. The van der Waals surface area contributed by atoms with Crippen LogP contribution in [0.15, 0.2) is 12.3 Å². The van der Waals surface area contributed by atoms with Gasteiger partial charge in [-0.05, 0) is 19.9 Å². The maximum atomic E-state index is 9.62. The van der Waals surface area contributed by atoms with Gasteiger partial charge in [0.25, 0.3) is 0 Å². The fraction of sp³-hybridized carbons (Fsp3) is 0.778. The summed E-state index contributed by atoms with van der Waals surface area (Å²) in [7, 11) is 0. The fourth-order valence-electron chi connectivity index (χ4n) is 1.65. The molecule has 0 amide bonds. The number of aliphatic hydroxyl groups excluding tert-OH is 1. The van der Waals surface area contributed by atoms with Crippen LogP contribution < -0.4 is 0 Å². The number of rotatable bonds is 0. The van der Waals surface area contributed by atoms with Crippen molar-refractivity contribution in [3.8, 4) is 0 Å². The molecule has 1 fully saturated rings. The number of hydrogen-bond donors (Lipinski definition) is 1. The van der Waals surface area contributed by atoms with Gasteiger partial charge < -0.3 is 19.3 Å². The second-order valence-corrected chi connectivity index (χ2v) is 3.79. The van der Waals surface area contributed by atoms with Crippen molar-refractivity contribution < 1.29 is 19.3 Å². The lowest BCUT2D eigenvalue weighted by Crippen LogP contribution is -2.36. The van der Waals surface area contributed by atoms with Gasteiger partial charge in [0.1, 0.15) is 24.9 Å². The third-order valence-electron chi connectivity index (χ3n) is 2.17. The van der Waals surface area contributed by atoms with E-state index in [0.29, 0.717) is 0 Å². The van der Waals surface area contributed by atoms with E-state index in [1.54, 1.807) is 12.3 Å². The number of ether oxygens (including phenoxy) is 3. The molecule has 4 heteroatoms. The van der Waals surface area contributed by atoms with E-state index >= 15 is 0 Å². The molecule has 0 aromatic rings. The maximum absolute atomic E-state index is 9.62. The maximum Gasteiger partial charge on any atom is 0.164 e. The van der Waals surface area contributed by atoms with E-state index < -0.39 is 11.9 Å². The molecule has 2 heterocycles. The Balaban J connectivity index is 2.16. The molecule has 1 saturated heterocycles. The Morgan fingerprint density at radius 1 is 1.38 bits per heavy atom. The van der Waals surface area contributed by atoms with Crippen molar-refractivity contribution in [2.24, 2.45) is 0 Å². The second-order valence-electron chi connectivity index (χ2n) is 3.79. The van der Waals surface area contributed by atoms with Gasteiger partial charge in [0, 0.05) is 0 Å². The molecular weight excluding hydrogens is 172 g/mol. The van der Waals surface area contributed by atoms with Crippen molar-refractivity contribution in [2.75, 3.05) is 6.61 Å². The minimum Gasteiger partial charge on any atom is -0.499 e. The van der Waals surface area contributed by atoms with E-state index in [1.807, 2.05) is 13.8 Å². The highest BCUT2D eigenvalue weighted by molar-refractivity contribution is 5.00. The Morgan fingerprint density at radius 3 is 2.92 bits per heavy atom. The van der Waals surface area contributed by atoms with E-state index in [1.165, 1.54) is 0 Å². The van der Waals surface area contributed by atoms with E-state index in [4.69, 9.17) is 14.2 Å². The highest BCUT2D eigenvalue weighted by Crippen LogP contribution is 2.31. The summed E-state index contributed by atoms with van der Waals surface area (Å²) in [6.07, 6.45) is 2.19. The predicted octanol–water partition coefficient (Wildman–Crippen LogP) is 0.411. The van der Waals surface area contributed by atoms with Crippen LogP contribution >= 0.6 is 0 Å². The molecule has 74 valence electrons. The molecular formula is C9H14O4. The van der Waals surface area contributed by atoms with Gasteiger partial charge in [-0.25, -0.2) is 0 Å². The van der Waals surface area contributed by atoms with Crippen LogP contribution in [-0.2, 0) is 14.2 Å². The molecule has 3 atom stereocenters. The topological polar surface area (TPSA) is 47.9 Å². The smallest absolute Gasteiger partial charge is 0.164 e. The molecule has 2 aliphatic rings. The molecule has 2 rings (SSSR count). The average molecular weight is 186 g/mol. The van der Waals surface area contributed by atoms with Crippen LogP contribution in [0.2, 0.25) is 0 Å². The van der Waals surface area contributed by atoms with Gasteiger partial charge in [0.05, 0.1) is 6.26 Å². The van der Waals surface area contributed by atoms with Gasteiger partial charge in [-0.1, -0.05) is 0 Å². The Hall–Kier alpha value is -0.580. The molecule has 0 aromatic heterocycles. The van der Waals surface area contributed by atoms with Crippen LogP contribution in [0.4, 0.5) is 0 Å². The highest BCUT2D eigenvalue weighted by atomic mass is 16.8. The summed E-state index contributed by atoms with van der Waals surface area (Å²) in [5, 5.41) is 9.62. The van der Waals surface area contributed by atoms with Crippen molar-refractivity contribution in [2.45, 2.75) is 37.9 Å². The van der Waals surface area contributed by atoms with Crippen LogP contribution in [-0.4, -0.2) is 35.8 Å². The highest BCUT2D eigenvalue weighted by Gasteiger charge is 2.44. The van der Waals surface area contributed by atoms with E-state index in [0.717, 1.165) is 0 Å². The summed E-state index contributed by atoms with van der Waals surface area (Å²) in [5.74, 6) is -0.613. The molecule has 3 unspecified atom stereocenters. The van der Waals surface area contributed by atoms with E-state index in [9.17, 15) is 5.11 Å². The van der Waals surface area contributed by atoms with Crippen LogP contribution in [0, 0.1) is 0 Å². The number of fused-ring (bicyclic) bond motifs is 1. The largest absolute Gasteiger partial charge is 0.499 e. The minimum atomic E-state index is -0.623. The molecule has 0 radical (unpaired) electrons. The first-order valence-corrected chi connectivity index (χ1v) is 4.40.